The molecule has 3 nitrogen and oxygen atoms in total. The Balaban J connectivity index is 1.56. The first-order valence-electron chi connectivity index (χ1n) is 8.51. The number of hydrogen-bond donors (Lipinski definition) is 0. The van der Waals surface area contributed by atoms with Gasteiger partial charge < -0.3 is 9.64 Å². The summed E-state index contributed by atoms with van der Waals surface area (Å²) in [6.45, 7) is 0.723. The zero-order valence-corrected chi connectivity index (χ0v) is 15.7. The lowest BCUT2D eigenvalue weighted by Gasteiger charge is -2.36. The van der Waals surface area contributed by atoms with Crippen molar-refractivity contribution in [3.8, 4) is 5.75 Å². The van der Waals surface area contributed by atoms with Crippen LogP contribution in [0.15, 0.2) is 66.0 Å². The first kappa shape index (κ1) is 17.1. The van der Waals surface area contributed by atoms with Gasteiger partial charge in [-0.2, -0.15) is 0 Å². The molecule has 0 bridgehead atoms. The van der Waals surface area contributed by atoms with E-state index in [1.165, 1.54) is 10.4 Å². The zero-order chi connectivity index (χ0) is 17.9. The van der Waals surface area contributed by atoms with Crippen molar-refractivity contribution in [2.45, 2.75) is 12.5 Å². The van der Waals surface area contributed by atoms with E-state index in [0.29, 0.717) is 17.3 Å². The number of halogens is 1. The van der Waals surface area contributed by atoms with Gasteiger partial charge in [-0.05, 0) is 53.3 Å². The SMILES string of the molecule is O=C(COc1ccc(Cl)cc1)N1CCc2sccc2C1c1ccccc1. The van der Waals surface area contributed by atoms with Crippen LogP contribution in [0, 0.1) is 0 Å². The number of thiophene rings is 1. The maximum absolute atomic E-state index is 12.9. The zero-order valence-electron chi connectivity index (χ0n) is 14.1. The average molecular weight is 384 g/mol. The summed E-state index contributed by atoms with van der Waals surface area (Å²) < 4.78 is 5.68. The van der Waals surface area contributed by atoms with Gasteiger partial charge in [0.2, 0.25) is 0 Å². The molecule has 0 radical (unpaired) electrons. The molecule has 132 valence electrons. The minimum Gasteiger partial charge on any atom is -0.484 e. The number of benzene rings is 2. The normalized spacial score (nSPS) is 16.2. The van der Waals surface area contributed by atoms with E-state index < -0.39 is 0 Å². The Morgan fingerprint density at radius 2 is 1.88 bits per heavy atom. The van der Waals surface area contributed by atoms with Gasteiger partial charge >= 0.3 is 0 Å². The van der Waals surface area contributed by atoms with Gasteiger partial charge in [0.25, 0.3) is 5.91 Å². The van der Waals surface area contributed by atoms with E-state index in [4.69, 9.17) is 16.3 Å². The van der Waals surface area contributed by atoms with Gasteiger partial charge in [0.05, 0.1) is 6.04 Å². The molecular weight excluding hydrogens is 366 g/mol. The van der Waals surface area contributed by atoms with E-state index >= 15 is 0 Å². The maximum Gasteiger partial charge on any atom is 0.261 e. The molecule has 1 aromatic heterocycles. The summed E-state index contributed by atoms with van der Waals surface area (Å²) in [5, 5.41) is 2.76. The number of carbonyl (C=O) groups is 1. The van der Waals surface area contributed by atoms with Crippen LogP contribution in [0.25, 0.3) is 0 Å². The van der Waals surface area contributed by atoms with Crippen molar-refractivity contribution >= 4 is 28.8 Å². The highest BCUT2D eigenvalue weighted by molar-refractivity contribution is 7.10. The van der Waals surface area contributed by atoms with Crippen LogP contribution < -0.4 is 4.74 Å². The van der Waals surface area contributed by atoms with E-state index in [1.54, 1.807) is 35.6 Å². The van der Waals surface area contributed by atoms with Crippen molar-refractivity contribution in [2.24, 2.45) is 0 Å². The molecule has 1 aliphatic rings. The highest BCUT2D eigenvalue weighted by atomic mass is 35.5. The fourth-order valence-corrected chi connectivity index (χ4v) is 4.37. The quantitative estimate of drug-likeness (QED) is 0.637. The smallest absolute Gasteiger partial charge is 0.261 e. The van der Waals surface area contributed by atoms with Crippen molar-refractivity contribution in [3.63, 3.8) is 0 Å². The van der Waals surface area contributed by atoms with Gasteiger partial charge in [0.1, 0.15) is 5.75 Å². The summed E-state index contributed by atoms with van der Waals surface area (Å²) in [7, 11) is 0. The van der Waals surface area contributed by atoms with E-state index in [0.717, 1.165) is 12.0 Å². The van der Waals surface area contributed by atoms with Crippen LogP contribution >= 0.6 is 22.9 Å². The van der Waals surface area contributed by atoms with Crippen molar-refractivity contribution in [1.82, 2.24) is 4.90 Å². The molecule has 2 aromatic carbocycles. The number of nitrogens with zero attached hydrogens (tertiary/aromatic N) is 1. The molecule has 1 aliphatic heterocycles. The predicted octanol–water partition coefficient (Wildman–Crippen LogP) is 4.95. The van der Waals surface area contributed by atoms with Crippen LogP contribution in [0.1, 0.15) is 22.0 Å². The van der Waals surface area contributed by atoms with Crippen LogP contribution in [0.5, 0.6) is 5.75 Å². The molecule has 0 aliphatic carbocycles. The largest absolute Gasteiger partial charge is 0.484 e. The fourth-order valence-electron chi connectivity index (χ4n) is 3.34. The predicted molar refractivity (Wildman–Crippen MR) is 105 cm³/mol. The van der Waals surface area contributed by atoms with E-state index in [2.05, 4.69) is 23.6 Å². The van der Waals surface area contributed by atoms with Gasteiger partial charge in [-0.25, -0.2) is 0 Å². The molecule has 0 fully saturated rings. The third kappa shape index (κ3) is 3.48. The second-order valence-electron chi connectivity index (χ2n) is 6.19. The van der Waals surface area contributed by atoms with Crippen molar-refractivity contribution < 1.29 is 9.53 Å². The summed E-state index contributed by atoms with van der Waals surface area (Å²) >= 11 is 7.66. The van der Waals surface area contributed by atoms with Gasteiger partial charge in [-0.1, -0.05) is 41.9 Å². The molecule has 0 saturated heterocycles. The summed E-state index contributed by atoms with van der Waals surface area (Å²) in [4.78, 5) is 16.2. The van der Waals surface area contributed by atoms with E-state index in [1.807, 2.05) is 23.1 Å². The lowest BCUT2D eigenvalue weighted by Crippen LogP contribution is -2.42. The molecule has 4 rings (SSSR count). The van der Waals surface area contributed by atoms with Gasteiger partial charge in [0, 0.05) is 16.4 Å². The first-order chi connectivity index (χ1) is 12.7. The molecule has 1 unspecified atom stereocenters. The van der Waals surface area contributed by atoms with Crippen LogP contribution in [0.3, 0.4) is 0 Å². The van der Waals surface area contributed by atoms with Crippen LogP contribution in [-0.4, -0.2) is 24.0 Å². The molecule has 0 saturated carbocycles. The van der Waals surface area contributed by atoms with E-state index in [-0.39, 0.29) is 18.6 Å². The summed E-state index contributed by atoms with van der Waals surface area (Å²) in [6.07, 6.45) is 0.892. The molecule has 0 N–H and O–H groups in total. The highest BCUT2D eigenvalue weighted by Crippen LogP contribution is 2.37. The molecule has 2 heterocycles. The minimum atomic E-state index is -0.0486. The van der Waals surface area contributed by atoms with Crippen molar-refractivity contribution in [3.05, 3.63) is 87.1 Å². The Bertz CT molecular complexity index is 892. The second kappa shape index (κ2) is 7.52. The standard InChI is InChI=1S/C21H18ClNO2S/c22-16-6-8-17(9-7-16)25-14-20(24)23-12-10-19-18(11-13-26-19)21(23)15-4-2-1-3-5-15/h1-9,11,13,21H,10,12,14H2. The molecule has 26 heavy (non-hydrogen) atoms. The lowest BCUT2D eigenvalue weighted by atomic mass is 9.93. The maximum atomic E-state index is 12.9. The number of fused-ring (bicyclic) bond motifs is 1. The monoisotopic (exact) mass is 383 g/mol. The Kier molecular flexibility index (Phi) is 4.96. The molecule has 3 aromatic rings. The number of ether oxygens (including phenoxy) is 1. The lowest BCUT2D eigenvalue weighted by molar-refractivity contribution is -0.135. The third-order valence-corrected chi connectivity index (χ3v) is 5.83. The Labute approximate surface area is 161 Å². The number of amides is 1. The topological polar surface area (TPSA) is 29.5 Å². The van der Waals surface area contributed by atoms with Gasteiger partial charge in [0.15, 0.2) is 6.61 Å². The summed E-state index contributed by atoms with van der Waals surface area (Å²) in [5.74, 6) is 0.637. The van der Waals surface area contributed by atoms with Crippen LogP contribution in [0.4, 0.5) is 0 Å². The summed E-state index contributed by atoms with van der Waals surface area (Å²) in [6, 6.07) is 19.3. The fraction of sp³-hybridized carbons (Fsp3) is 0.190. The third-order valence-electron chi connectivity index (χ3n) is 4.58. The second-order valence-corrected chi connectivity index (χ2v) is 7.63. The first-order valence-corrected chi connectivity index (χ1v) is 9.77. The van der Waals surface area contributed by atoms with Crippen LogP contribution in [-0.2, 0) is 11.2 Å². The van der Waals surface area contributed by atoms with Gasteiger partial charge in [-0.15, -0.1) is 11.3 Å². The number of hydrogen-bond acceptors (Lipinski definition) is 3. The van der Waals surface area contributed by atoms with Crippen molar-refractivity contribution in [2.75, 3.05) is 13.2 Å². The number of rotatable bonds is 4. The average Bonchev–Trinajstić information content (AvgIpc) is 3.16. The highest BCUT2D eigenvalue weighted by Gasteiger charge is 2.32. The van der Waals surface area contributed by atoms with Gasteiger partial charge in [-0.3, -0.25) is 4.79 Å². The Morgan fingerprint density at radius 1 is 1.12 bits per heavy atom. The summed E-state index contributed by atoms with van der Waals surface area (Å²) in [5.41, 5.74) is 2.36. The molecule has 0 spiro atoms. The molecule has 5 heteroatoms. The molecular formula is C21H18ClNO2S. The van der Waals surface area contributed by atoms with Crippen LogP contribution in [0.2, 0.25) is 5.02 Å². The van der Waals surface area contributed by atoms with Crippen molar-refractivity contribution in [1.29, 1.82) is 0 Å². The Hall–Kier alpha value is -2.30. The number of carbonyl (C=O) groups excluding carboxylic acids is 1. The Morgan fingerprint density at radius 3 is 2.65 bits per heavy atom. The van der Waals surface area contributed by atoms with E-state index in [9.17, 15) is 4.79 Å². The molecule has 1 amide bonds. The minimum absolute atomic E-state index is 0.00865. The molecule has 1 atom stereocenters.